The van der Waals surface area contributed by atoms with Gasteiger partial charge < -0.3 is 9.88 Å². The van der Waals surface area contributed by atoms with Gasteiger partial charge in [-0.3, -0.25) is 9.59 Å². The second-order valence-electron chi connectivity index (χ2n) is 7.55. The van der Waals surface area contributed by atoms with E-state index in [-0.39, 0.29) is 18.0 Å². The summed E-state index contributed by atoms with van der Waals surface area (Å²) in [7, 11) is 0. The average molecular weight is 445 g/mol. The van der Waals surface area contributed by atoms with Crippen LogP contribution in [-0.2, 0) is 6.54 Å². The number of nitrogens with one attached hydrogen (secondary N) is 1. The largest absolute Gasteiger partial charge is 0.331 e. The maximum absolute atomic E-state index is 13.4. The fourth-order valence-electron chi connectivity index (χ4n) is 3.41. The van der Waals surface area contributed by atoms with Gasteiger partial charge in [0.25, 0.3) is 11.5 Å². The third-order valence-corrected chi connectivity index (χ3v) is 6.37. The number of hydrogen-bond donors (Lipinski definition) is 1. The Kier molecular flexibility index (Phi) is 6.37. The zero-order chi connectivity index (χ0) is 22.7. The summed E-state index contributed by atoms with van der Waals surface area (Å²) in [6.07, 6.45) is 1.69. The fourth-order valence-corrected chi connectivity index (χ4v) is 4.39. The molecule has 0 atom stereocenters. The van der Waals surface area contributed by atoms with Gasteiger partial charge in [-0.25, -0.2) is 9.97 Å². The van der Waals surface area contributed by atoms with Crippen molar-refractivity contribution >= 4 is 28.6 Å². The molecule has 0 bridgehead atoms. The van der Waals surface area contributed by atoms with Crippen LogP contribution in [0.4, 0.5) is 0 Å². The molecule has 0 spiro atoms. The van der Waals surface area contributed by atoms with Gasteiger partial charge in [0.1, 0.15) is 10.9 Å². The summed E-state index contributed by atoms with van der Waals surface area (Å²) >= 11 is 1.47. The number of aryl methyl sites for hydroxylation is 2. The number of pyridine rings is 1. The Balaban J connectivity index is 1.61. The summed E-state index contributed by atoms with van der Waals surface area (Å²) in [6, 6.07) is 16.9. The molecule has 4 aromatic rings. The summed E-state index contributed by atoms with van der Waals surface area (Å²) in [4.78, 5) is 40.3. The lowest BCUT2D eigenvalue weighted by atomic mass is 10.1. The fraction of sp³-hybridized carbons (Fsp3) is 0.200. The van der Waals surface area contributed by atoms with Crippen LogP contribution in [0, 0.1) is 13.8 Å². The minimum atomic E-state index is -0.207. The van der Waals surface area contributed by atoms with E-state index < -0.39 is 0 Å². The van der Waals surface area contributed by atoms with E-state index in [2.05, 4.69) is 40.9 Å². The predicted molar refractivity (Wildman–Crippen MR) is 127 cm³/mol. The number of nitrogens with zero attached hydrogens (tertiary/aromatic N) is 3. The highest BCUT2D eigenvalue weighted by Gasteiger charge is 2.20. The molecular weight excluding hydrogens is 420 g/mol. The molecule has 7 heteroatoms. The zero-order valence-corrected chi connectivity index (χ0v) is 19.1. The normalized spacial score (nSPS) is 11.0. The Bertz CT molecular complexity index is 1350. The maximum atomic E-state index is 13.4. The average Bonchev–Trinajstić information content (AvgIpc) is 2.80. The Labute approximate surface area is 190 Å². The first-order valence-corrected chi connectivity index (χ1v) is 11.2. The van der Waals surface area contributed by atoms with E-state index in [0.29, 0.717) is 33.9 Å². The molecule has 162 valence electrons. The van der Waals surface area contributed by atoms with Gasteiger partial charge in [-0.05, 0) is 68.3 Å². The van der Waals surface area contributed by atoms with Gasteiger partial charge >= 0.3 is 0 Å². The number of fused-ring (bicyclic) bond motifs is 1. The monoisotopic (exact) mass is 444 g/mol. The molecule has 0 aliphatic heterocycles. The number of para-hydroxylation sites is 1. The summed E-state index contributed by atoms with van der Waals surface area (Å²) in [6.45, 7) is 6.73. The molecule has 6 nitrogen and oxygen atoms in total. The lowest BCUT2D eigenvalue weighted by Gasteiger charge is -2.21. The summed E-state index contributed by atoms with van der Waals surface area (Å²) in [5, 5.41) is 1.18. The number of H-pyrrole nitrogens is 1. The van der Waals surface area contributed by atoms with Gasteiger partial charge in [-0.15, -0.1) is 0 Å². The van der Waals surface area contributed by atoms with Crippen LogP contribution in [-0.4, -0.2) is 32.3 Å². The van der Waals surface area contributed by atoms with Gasteiger partial charge in [0.2, 0.25) is 0 Å². The minimum absolute atomic E-state index is 0.150. The molecule has 0 saturated carbocycles. The third-order valence-electron chi connectivity index (χ3n) is 5.37. The van der Waals surface area contributed by atoms with E-state index in [9.17, 15) is 9.59 Å². The minimum Gasteiger partial charge on any atom is -0.331 e. The van der Waals surface area contributed by atoms with Crippen molar-refractivity contribution in [2.45, 2.75) is 37.2 Å². The van der Waals surface area contributed by atoms with Crippen molar-refractivity contribution in [2.24, 2.45) is 0 Å². The molecule has 0 unspecified atom stereocenters. The van der Waals surface area contributed by atoms with Crippen LogP contribution in [0.3, 0.4) is 0 Å². The Hall–Kier alpha value is -3.45. The van der Waals surface area contributed by atoms with E-state index >= 15 is 0 Å². The molecule has 0 radical (unpaired) electrons. The number of aromatic amines is 1. The Morgan fingerprint density at radius 2 is 1.88 bits per heavy atom. The molecule has 0 aliphatic rings. The first kappa shape index (κ1) is 21.8. The number of rotatable bonds is 6. The second kappa shape index (κ2) is 9.36. The van der Waals surface area contributed by atoms with Crippen LogP contribution in [0.25, 0.3) is 10.9 Å². The van der Waals surface area contributed by atoms with Crippen molar-refractivity contribution in [1.82, 2.24) is 19.9 Å². The molecule has 4 rings (SSSR count). The highest BCUT2D eigenvalue weighted by atomic mass is 32.2. The van der Waals surface area contributed by atoms with Gasteiger partial charge in [-0.1, -0.05) is 30.0 Å². The quantitative estimate of drug-likeness (QED) is 0.464. The molecular formula is C25H24N4O2S. The standard InChI is InChI=1S/C25H24N4O2S/c1-4-29(15-22-27-21-10-6-5-8-19(21)23(30)28-22)25(31)20-9-7-13-26-24(20)32-18-12-11-16(2)17(3)14-18/h5-14H,4,15H2,1-3H3,(H,27,28,30). The highest BCUT2D eigenvalue weighted by molar-refractivity contribution is 7.99. The topological polar surface area (TPSA) is 79.0 Å². The zero-order valence-electron chi connectivity index (χ0n) is 18.3. The molecule has 0 saturated heterocycles. The summed E-state index contributed by atoms with van der Waals surface area (Å²) < 4.78 is 0. The number of benzene rings is 2. The SMILES string of the molecule is CCN(Cc1nc2ccccc2c(=O)[nH]1)C(=O)c1cccnc1Sc1ccc(C)c(C)c1. The number of amides is 1. The summed E-state index contributed by atoms with van der Waals surface area (Å²) in [5.74, 6) is 0.305. The molecule has 1 amide bonds. The number of aromatic nitrogens is 3. The van der Waals surface area contributed by atoms with Crippen molar-refractivity contribution in [2.75, 3.05) is 6.54 Å². The lowest BCUT2D eigenvalue weighted by Crippen LogP contribution is -2.32. The molecule has 1 N–H and O–H groups in total. The van der Waals surface area contributed by atoms with Gasteiger partial charge in [0.15, 0.2) is 0 Å². The van der Waals surface area contributed by atoms with Crippen LogP contribution in [0.5, 0.6) is 0 Å². The van der Waals surface area contributed by atoms with Crippen molar-refractivity contribution in [3.8, 4) is 0 Å². The second-order valence-corrected chi connectivity index (χ2v) is 8.62. The molecule has 2 aromatic heterocycles. The van der Waals surface area contributed by atoms with Crippen molar-refractivity contribution in [3.63, 3.8) is 0 Å². The molecule has 32 heavy (non-hydrogen) atoms. The molecule has 0 aliphatic carbocycles. The van der Waals surface area contributed by atoms with Crippen molar-refractivity contribution in [3.05, 3.63) is 93.7 Å². The van der Waals surface area contributed by atoms with Crippen LogP contribution >= 0.6 is 11.8 Å². The summed E-state index contributed by atoms with van der Waals surface area (Å²) in [5.41, 5.74) is 3.35. The van der Waals surface area contributed by atoms with E-state index in [4.69, 9.17) is 0 Å². The predicted octanol–water partition coefficient (Wildman–Crippen LogP) is 4.75. The van der Waals surface area contributed by atoms with Gasteiger partial charge in [-0.2, -0.15) is 0 Å². The third kappa shape index (κ3) is 4.57. The number of hydrogen-bond acceptors (Lipinski definition) is 5. The van der Waals surface area contributed by atoms with Gasteiger partial charge in [0, 0.05) is 17.6 Å². The van der Waals surface area contributed by atoms with Crippen molar-refractivity contribution in [1.29, 1.82) is 0 Å². The van der Waals surface area contributed by atoms with E-state index in [1.807, 2.05) is 19.1 Å². The smallest absolute Gasteiger partial charge is 0.258 e. The first-order chi connectivity index (χ1) is 15.5. The Morgan fingerprint density at radius 3 is 2.66 bits per heavy atom. The Morgan fingerprint density at radius 1 is 1.06 bits per heavy atom. The van der Waals surface area contributed by atoms with E-state index in [1.165, 1.54) is 22.9 Å². The lowest BCUT2D eigenvalue weighted by molar-refractivity contribution is 0.0744. The van der Waals surface area contributed by atoms with Crippen LogP contribution in [0.1, 0.15) is 34.2 Å². The van der Waals surface area contributed by atoms with Crippen LogP contribution in [0.2, 0.25) is 0 Å². The maximum Gasteiger partial charge on any atom is 0.258 e. The number of carbonyl (C=O) groups excluding carboxylic acids is 1. The number of carbonyl (C=O) groups is 1. The molecule has 2 heterocycles. The van der Waals surface area contributed by atoms with E-state index in [0.717, 1.165) is 4.90 Å². The van der Waals surface area contributed by atoms with Crippen molar-refractivity contribution < 1.29 is 4.79 Å². The first-order valence-electron chi connectivity index (χ1n) is 10.4. The highest BCUT2D eigenvalue weighted by Crippen LogP contribution is 2.30. The van der Waals surface area contributed by atoms with Crippen LogP contribution in [0.15, 0.2) is 75.5 Å². The van der Waals surface area contributed by atoms with E-state index in [1.54, 1.807) is 41.4 Å². The van der Waals surface area contributed by atoms with Gasteiger partial charge in [0.05, 0.1) is 23.0 Å². The molecule has 0 fully saturated rings. The molecule has 2 aromatic carbocycles. The van der Waals surface area contributed by atoms with Crippen LogP contribution < -0.4 is 5.56 Å².